The summed E-state index contributed by atoms with van der Waals surface area (Å²) in [7, 11) is 0. The molecule has 0 saturated heterocycles. The molecule has 0 aliphatic rings. The Kier molecular flexibility index (Phi) is 9.45. The SMILES string of the molecule is CC(C)[C@H](NC(=O)[C@@H](Cc1ccccc1)NC(=O)OC(C)(C)C)C(=O)OCc1ccccc1. The first-order chi connectivity index (χ1) is 15.5. The molecule has 0 radical (unpaired) electrons. The Morgan fingerprint density at radius 2 is 1.39 bits per heavy atom. The van der Waals surface area contributed by atoms with Crippen molar-refractivity contribution in [2.75, 3.05) is 0 Å². The molecule has 0 aromatic heterocycles. The fourth-order valence-electron chi connectivity index (χ4n) is 3.08. The molecule has 2 aromatic carbocycles. The number of carbonyl (C=O) groups excluding carboxylic acids is 3. The van der Waals surface area contributed by atoms with E-state index in [1.807, 2.05) is 74.5 Å². The van der Waals surface area contributed by atoms with E-state index in [9.17, 15) is 14.4 Å². The van der Waals surface area contributed by atoms with Crippen LogP contribution in [0.2, 0.25) is 0 Å². The monoisotopic (exact) mass is 454 g/mol. The van der Waals surface area contributed by atoms with Gasteiger partial charge in [-0.3, -0.25) is 4.79 Å². The zero-order chi connectivity index (χ0) is 24.4. The summed E-state index contributed by atoms with van der Waals surface area (Å²) in [5.74, 6) is -1.23. The van der Waals surface area contributed by atoms with E-state index in [0.29, 0.717) is 0 Å². The zero-order valence-electron chi connectivity index (χ0n) is 20.0. The number of amides is 2. The highest BCUT2D eigenvalue weighted by atomic mass is 16.6. The summed E-state index contributed by atoms with van der Waals surface area (Å²) >= 11 is 0. The fourth-order valence-corrected chi connectivity index (χ4v) is 3.08. The van der Waals surface area contributed by atoms with Gasteiger partial charge in [-0.25, -0.2) is 9.59 Å². The first-order valence-electron chi connectivity index (χ1n) is 11.1. The molecular formula is C26H34N2O5. The maximum atomic E-state index is 13.2. The Morgan fingerprint density at radius 1 is 0.848 bits per heavy atom. The lowest BCUT2D eigenvalue weighted by Crippen LogP contribution is -2.54. The van der Waals surface area contributed by atoms with Gasteiger partial charge in [0.1, 0.15) is 24.3 Å². The predicted molar refractivity (Wildman–Crippen MR) is 126 cm³/mol. The van der Waals surface area contributed by atoms with Crippen LogP contribution >= 0.6 is 0 Å². The van der Waals surface area contributed by atoms with Crippen LogP contribution < -0.4 is 10.6 Å². The van der Waals surface area contributed by atoms with E-state index >= 15 is 0 Å². The van der Waals surface area contributed by atoms with Gasteiger partial charge >= 0.3 is 12.1 Å². The topological polar surface area (TPSA) is 93.7 Å². The average molecular weight is 455 g/mol. The highest BCUT2D eigenvalue weighted by Gasteiger charge is 2.31. The molecule has 0 heterocycles. The molecule has 178 valence electrons. The van der Waals surface area contributed by atoms with Crippen molar-refractivity contribution < 1.29 is 23.9 Å². The van der Waals surface area contributed by atoms with E-state index in [1.54, 1.807) is 20.8 Å². The minimum absolute atomic E-state index is 0.113. The lowest BCUT2D eigenvalue weighted by atomic mass is 10.0. The molecule has 33 heavy (non-hydrogen) atoms. The van der Waals surface area contributed by atoms with E-state index in [1.165, 1.54) is 0 Å². The number of hydrogen-bond acceptors (Lipinski definition) is 5. The standard InChI is InChI=1S/C26H34N2O5/c1-18(2)22(24(30)32-17-20-14-10-7-11-15-20)28-23(29)21(16-19-12-8-6-9-13-19)27-25(31)33-26(3,4)5/h6-15,18,21-22H,16-17H2,1-5H3,(H,27,31)(H,28,29)/t21-,22+/m1/s1. The molecule has 0 bridgehead atoms. The fraction of sp³-hybridized carbons (Fsp3) is 0.423. The van der Waals surface area contributed by atoms with Crippen molar-refractivity contribution in [3.05, 3.63) is 71.8 Å². The normalized spacial score (nSPS) is 13.0. The second-order valence-corrected chi connectivity index (χ2v) is 9.21. The van der Waals surface area contributed by atoms with Crippen LogP contribution in [0.5, 0.6) is 0 Å². The van der Waals surface area contributed by atoms with E-state index in [0.717, 1.165) is 11.1 Å². The molecule has 0 saturated carbocycles. The van der Waals surface area contributed by atoms with Gasteiger partial charge in [0.15, 0.2) is 0 Å². The van der Waals surface area contributed by atoms with Crippen molar-refractivity contribution in [1.82, 2.24) is 10.6 Å². The smallest absolute Gasteiger partial charge is 0.408 e. The lowest BCUT2D eigenvalue weighted by Gasteiger charge is -2.26. The highest BCUT2D eigenvalue weighted by Crippen LogP contribution is 2.11. The number of carbonyl (C=O) groups is 3. The van der Waals surface area contributed by atoms with Gasteiger partial charge in [0.05, 0.1) is 0 Å². The largest absolute Gasteiger partial charge is 0.459 e. The molecule has 0 aliphatic heterocycles. The molecule has 0 fully saturated rings. The van der Waals surface area contributed by atoms with Gasteiger partial charge in [-0.1, -0.05) is 74.5 Å². The maximum Gasteiger partial charge on any atom is 0.408 e. The summed E-state index contributed by atoms with van der Waals surface area (Å²) in [5.41, 5.74) is 1.01. The number of esters is 1. The quantitative estimate of drug-likeness (QED) is 0.559. The van der Waals surface area contributed by atoms with E-state index in [4.69, 9.17) is 9.47 Å². The Morgan fingerprint density at radius 3 is 1.91 bits per heavy atom. The van der Waals surface area contributed by atoms with Gasteiger partial charge in [-0.2, -0.15) is 0 Å². The third kappa shape index (κ3) is 9.35. The minimum atomic E-state index is -0.926. The molecular weight excluding hydrogens is 420 g/mol. The molecule has 2 N–H and O–H groups in total. The van der Waals surface area contributed by atoms with Crippen LogP contribution in [-0.4, -0.2) is 35.7 Å². The van der Waals surface area contributed by atoms with Crippen molar-refractivity contribution in [2.24, 2.45) is 5.92 Å². The Hall–Kier alpha value is -3.35. The summed E-state index contributed by atoms with van der Waals surface area (Å²) in [6.07, 6.45) is -0.457. The first-order valence-corrected chi connectivity index (χ1v) is 11.1. The van der Waals surface area contributed by atoms with Crippen LogP contribution in [0.15, 0.2) is 60.7 Å². The van der Waals surface area contributed by atoms with Crippen LogP contribution in [0, 0.1) is 5.92 Å². The first kappa shape index (κ1) is 25.9. The molecule has 2 amide bonds. The Balaban J connectivity index is 2.10. The molecule has 7 nitrogen and oxygen atoms in total. The molecule has 0 aliphatic carbocycles. The average Bonchev–Trinajstić information content (AvgIpc) is 2.75. The lowest BCUT2D eigenvalue weighted by molar-refractivity contribution is -0.150. The van der Waals surface area contributed by atoms with Crippen molar-refractivity contribution in [1.29, 1.82) is 0 Å². The summed E-state index contributed by atoms with van der Waals surface area (Å²) in [4.78, 5) is 38.3. The van der Waals surface area contributed by atoms with Crippen LogP contribution in [0.4, 0.5) is 4.79 Å². The predicted octanol–water partition coefficient (Wildman–Crippen LogP) is 4.01. The number of alkyl carbamates (subject to hydrolysis) is 1. The number of hydrogen-bond donors (Lipinski definition) is 2. The number of nitrogens with one attached hydrogen (secondary N) is 2. The number of benzene rings is 2. The molecule has 0 spiro atoms. The van der Waals surface area contributed by atoms with Gasteiger partial charge in [0.25, 0.3) is 0 Å². The van der Waals surface area contributed by atoms with Crippen molar-refractivity contribution in [3.8, 4) is 0 Å². The van der Waals surface area contributed by atoms with E-state index in [2.05, 4.69) is 10.6 Å². The minimum Gasteiger partial charge on any atom is -0.459 e. The number of ether oxygens (including phenoxy) is 2. The van der Waals surface area contributed by atoms with Crippen LogP contribution in [0.1, 0.15) is 45.7 Å². The molecule has 0 unspecified atom stereocenters. The van der Waals surface area contributed by atoms with Crippen LogP contribution in [-0.2, 0) is 32.1 Å². The van der Waals surface area contributed by atoms with Crippen molar-refractivity contribution in [2.45, 2.75) is 65.3 Å². The summed E-state index contributed by atoms with van der Waals surface area (Å²) in [6, 6.07) is 16.9. The summed E-state index contributed by atoms with van der Waals surface area (Å²) in [6.45, 7) is 9.00. The van der Waals surface area contributed by atoms with Gasteiger partial charge in [0, 0.05) is 6.42 Å². The molecule has 7 heteroatoms. The van der Waals surface area contributed by atoms with Crippen LogP contribution in [0.3, 0.4) is 0 Å². The van der Waals surface area contributed by atoms with Gasteiger partial charge in [-0.05, 0) is 37.8 Å². The maximum absolute atomic E-state index is 13.2. The Bertz CT molecular complexity index is 907. The molecule has 2 aromatic rings. The highest BCUT2D eigenvalue weighted by molar-refractivity contribution is 5.90. The second-order valence-electron chi connectivity index (χ2n) is 9.21. The summed E-state index contributed by atoms with van der Waals surface area (Å²) in [5, 5.41) is 5.39. The molecule has 2 rings (SSSR count). The van der Waals surface area contributed by atoms with Crippen molar-refractivity contribution >= 4 is 18.0 Å². The van der Waals surface area contributed by atoms with Gasteiger partial charge in [-0.15, -0.1) is 0 Å². The third-order valence-electron chi connectivity index (χ3n) is 4.73. The van der Waals surface area contributed by atoms with E-state index in [-0.39, 0.29) is 18.9 Å². The third-order valence-corrected chi connectivity index (χ3v) is 4.73. The Labute approximate surface area is 195 Å². The van der Waals surface area contributed by atoms with Gasteiger partial charge < -0.3 is 20.1 Å². The second kappa shape index (κ2) is 12.0. The van der Waals surface area contributed by atoms with Gasteiger partial charge in [0.2, 0.25) is 5.91 Å². The van der Waals surface area contributed by atoms with Crippen molar-refractivity contribution in [3.63, 3.8) is 0 Å². The van der Waals surface area contributed by atoms with E-state index < -0.39 is 35.7 Å². The molecule has 2 atom stereocenters. The van der Waals surface area contributed by atoms with Crippen LogP contribution in [0.25, 0.3) is 0 Å². The summed E-state index contributed by atoms with van der Waals surface area (Å²) < 4.78 is 10.8. The number of rotatable bonds is 9. The zero-order valence-corrected chi connectivity index (χ0v) is 20.0.